The first-order chi connectivity index (χ1) is 16.2. The molecule has 0 saturated heterocycles. The molecule has 0 saturated carbocycles. The minimum absolute atomic E-state index is 0.0455. The molecule has 0 heterocycles. The predicted octanol–water partition coefficient (Wildman–Crippen LogP) is 2.66. The van der Waals surface area contributed by atoms with E-state index < -0.39 is 27.9 Å². The number of urea groups is 1. The number of sulfonamides is 1. The van der Waals surface area contributed by atoms with Crippen molar-refractivity contribution in [3.63, 3.8) is 0 Å². The number of carbonyl (C=O) groups is 3. The molecule has 11 heteroatoms. The molecule has 3 aromatic carbocycles. The Morgan fingerprint density at radius 2 is 1.24 bits per heavy atom. The van der Waals surface area contributed by atoms with Gasteiger partial charge in [0, 0.05) is 36.6 Å². The van der Waals surface area contributed by atoms with Crippen LogP contribution in [0.5, 0.6) is 0 Å². The maximum Gasteiger partial charge on any atom is 0.323 e. The van der Waals surface area contributed by atoms with Crippen LogP contribution < -0.4 is 21.5 Å². The first-order valence-corrected chi connectivity index (χ1v) is 11.5. The molecule has 0 radical (unpaired) electrons. The number of nitrogens with zero attached hydrogens (tertiary/aromatic N) is 1. The van der Waals surface area contributed by atoms with Gasteiger partial charge in [0.15, 0.2) is 0 Å². The summed E-state index contributed by atoms with van der Waals surface area (Å²) >= 11 is 0. The minimum Gasteiger partial charge on any atom is -0.308 e. The van der Waals surface area contributed by atoms with Crippen LogP contribution in [0.4, 0.5) is 16.2 Å². The summed E-state index contributed by atoms with van der Waals surface area (Å²) in [5.41, 5.74) is 5.92. The monoisotopic (exact) mass is 481 g/mol. The van der Waals surface area contributed by atoms with Crippen LogP contribution in [0.2, 0.25) is 0 Å². The Morgan fingerprint density at radius 1 is 0.676 bits per heavy atom. The molecule has 0 fully saturated rings. The van der Waals surface area contributed by atoms with Crippen molar-refractivity contribution in [2.45, 2.75) is 4.90 Å². The highest BCUT2D eigenvalue weighted by atomic mass is 32.2. The van der Waals surface area contributed by atoms with Crippen molar-refractivity contribution in [1.29, 1.82) is 0 Å². The lowest BCUT2D eigenvalue weighted by atomic mass is 10.2. The van der Waals surface area contributed by atoms with Gasteiger partial charge in [-0.15, -0.1) is 0 Å². The molecule has 0 aromatic heterocycles. The minimum atomic E-state index is -3.71. The molecule has 0 atom stereocenters. The first kappa shape index (κ1) is 24.4. The molecule has 3 aromatic rings. The van der Waals surface area contributed by atoms with Crippen molar-refractivity contribution in [3.8, 4) is 0 Å². The number of hydrogen-bond acceptors (Lipinski definition) is 5. The number of anilines is 2. The van der Waals surface area contributed by atoms with Crippen molar-refractivity contribution >= 4 is 39.2 Å². The van der Waals surface area contributed by atoms with E-state index in [2.05, 4.69) is 21.5 Å². The molecule has 34 heavy (non-hydrogen) atoms. The van der Waals surface area contributed by atoms with E-state index in [9.17, 15) is 22.8 Å². The van der Waals surface area contributed by atoms with E-state index in [0.29, 0.717) is 11.4 Å². The zero-order chi connectivity index (χ0) is 24.7. The van der Waals surface area contributed by atoms with E-state index in [1.165, 1.54) is 62.6 Å². The number of hydrogen-bond donors (Lipinski definition) is 4. The average molecular weight is 482 g/mol. The van der Waals surface area contributed by atoms with Crippen LogP contribution in [-0.2, 0) is 10.0 Å². The molecular formula is C23H23N5O5S. The third-order valence-electron chi connectivity index (χ3n) is 4.60. The second kappa shape index (κ2) is 10.6. The van der Waals surface area contributed by atoms with E-state index in [0.717, 1.165) is 4.31 Å². The van der Waals surface area contributed by atoms with Crippen LogP contribution in [0, 0.1) is 0 Å². The second-order valence-corrected chi connectivity index (χ2v) is 9.40. The van der Waals surface area contributed by atoms with E-state index in [1.807, 2.05) is 6.07 Å². The van der Waals surface area contributed by atoms with Crippen LogP contribution in [-0.4, -0.2) is 44.7 Å². The van der Waals surface area contributed by atoms with Crippen LogP contribution in [0.3, 0.4) is 0 Å². The molecule has 176 valence electrons. The summed E-state index contributed by atoms with van der Waals surface area (Å²) < 4.78 is 25.5. The van der Waals surface area contributed by atoms with Gasteiger partial charge >= 0.3 is 6.03 Å². The highest BCUT2D eigenvalue weighted by Gasteiger charge is 2.19. The fourth-order valence-electron chi connectivity index (χ4n) is 2.79. The number of amides is 4. The molecule has 0 unspecified atom stereocenters. The normalized spacial score (nSPS) is 10.9. The Morgan fingerprint density at radius 3 is 1.82 bits per heavy atom. The SMILES string of the molecule is CN(C)S(=O)(=O)c1cccc(C(=O)NNC(=O)c2ccc(NC(=O)Nc3ccccc3)cc2)c1. The Hall–Kier alpha value is -4.22. The first-order valence-electron chi connectivity index (χ1n) is 10.0. The summed E-state index contributed by atoms with van der Waals surface area (Å²) in [4.78, 5) is 36.7. The lowest BCUT2D eigenvalue weighted by molar-refractivity contribution is 0.0846. The Kier molecular flexibility index (Phi) is 7.61. The Bertz CT molecular complexity index is 1290. The highest BCUT2D eigenvalue weighted by molar-refractivity contribution is 7.89. The highest BCUT2D eigenvalue weighted by Crippen LogP contribution is 2.15. The smallest absolute Gasteiger partial charge is 0.308 e. The number of nitrogens with one attached hydrogen (secondary N) is 4. The summed E-state index contributed by atoms with van der Waals surface area (Å²) in [5.74, 6) is -1.27. The number of benzene rings is 3. The third-order valence-corrected chi connectivity index (χ3v) is 6.41. The van der Waals surface area contributed by atoms with Crippen LogP contribution in [0.1, 0.15) is 20.7 Å². The summed E-state index contributed by atoms with van der Waals surface area (Å²) in [7, 11) is -0.931. The molecule has 0 aliphatic carbocycles. The average Bonchev–Trinajstić information content (AvgIpc) is 2.83. The number of rotatable bonds is 6. The van der Waals surface area contributed by atoms with Gasteiger partial charge in [-0.1, -0.05) is 24.3 Å². The molecule has 3 rings (SSSR count). The maximum absolute atomic E-state index is 12.4. The van der Waals surface area contributed by atoms with Gasteiger partial charge in [0.2, 0.25) is 10.0 Å². The summed E-state index contributed by atoms with van der Waals surface area (Å²) in [6.07, 6.45) is 0. The standard InChI is InChI=1S/C23H23N5O5S/c1-28(2)34(32,33)20-10-6-7-17(15-20)22(30)27-26-21(29)16-11-13-19(14-12-16)25-23(31)24-18-8-4-3-5-9-18/h3-15H,1-2H3,(H,26,29)(H,27,30)(H2,24,25,31). The van der Waals surface area contributed by atoms with Gasteiger partial charge in [0.1, 0.15) is 0 Å². The summed E-state index contributed by atoms with van der Waals surface area (Å²) in [6.45, 7) is 0. The predicted molar refractivity (Wildman–Crippen MR) is 128 cm³/mol. The molecule has 0 aliphatic rings. The quantitative estimate of drug-likeness (QED) is 0.401. The molecule has 0 bridgehead atoms. The van der Waals surface area contributed by atoms with Crippen LogP contribution >= 0.6 is 0 Å². The van der Waals surface area contributed by atoms with E-state index >= 15 is 0 Å². The van der Waals surface area contributed by atoms with Gasteiger partial charge in [-0.2, -0.15) is 0 Å². The van der Waals surface area contributed by atoms with Gasteiger partial charge in [-0.05, 0) is 54.6 Å². The Balaban J connectivity index is 1.56. The second-order valence-electron chi connectivity index (χ2n) is 7.25. The third kappa shape index (κ3) is 6.18. The molecule has 10 nitrogen and oxygen atoms in total. The van der Waals surface area contributed by atoms with Crippen molar-refractivity contribution in [2.75, 3.05) is 24.7 Å². The number of para-hydroxylation sites is 1. The summed E-state index contributed by atoms with van der Waals surface area (Å²) in [6, 6.07) is 20.0. The molecule has 0 spiro atoms. The van der Waals surface area contributed by atoms with E-state index in [1.54, 1.807) is 24.3 Å². The molecule has 4 amide bonds. The van der Waals surface area contributed by atoms with E-state index in [4.69, 9.17) is 0 Å². The lowest BCUT2D eigenvalue weighted by Crippen LogP contribution is -2.41. The van der Waals surface area contributed by atoms with Gasteiger partial charge in [0.05, 0.1) is 4.90 Å². The van der Waals surface area contributed by atoms with Crippen LogP contribution in [0.15, 0.2) is 83.8 Å². The fraction of sp³-hybridized carbons (Fsp3) is 0.0870. The Labute approximate surface area is 197 Å². The fourth-order valence-corrected chi connectivity index (χ4v) is 3.73. The summed E-state index contributed by atoms with van der Waals surface area (Å²) in [5, 5.41) is 5.33. The van der Waals surface area contributed by atoms with Gasteiger partial charge in [-0.3, -0.25) is 20.4 Å². The number of carbonyl (C=O) groups excluding carboxylic acids is 3. The van der Waals surface area contributed by atoms with Crippen molar-refractivity contribution < 1.29 is 22.8 Å². The zero-order valence-corrected chi connectivity index (χ0v) is 19.2. The van der Waals surface area contributed by atoms with Gasteiger partial charge in [0.25, 0.3) is 11.8 Å². The largest absolute Gasteiger partial charge is 0.323 e. The topological polar surface area (TPSA) is 137 Å². The van der Waals surface area contributed by atoms with Gasteiger partial charge < -0.3 is 10.6 Å². The molecule has 4 N–H and O–H groups in total. The number of hydrazine groups is 1. The van der Waals surface area contributed by atoms with E-state index in [-0.39, 0.29) is 16.0 Å². The van der Waals surface area contributed by atoms with Crippen molar-refractivity contribution in [1.82, 2.24) is 15.2 Å². The lowest BCUT2D eigenvalue weighted by Gasteiger charge is -2.12. The van der Waals surface area contributed by atoms with Crippen molar-refractivity contribution in [3.05, 3.63) is 90.0 Å². The molecular weight excluding hydrogens is 458 g/mol. The van der Waals surface area contributed by atoms with Gasteiger partial charge in [-0.25, -0.2) is 17.5 Å². The zero-order valence-electron chi connectivity index (χ0n) is 18.4. The van der Waals surface area contributed by atoms with Crippen LogP contribution in [0.25, 0.3) is 0 Å². The molecule has 0 aliphatic heterocycles. The maximum atomic E-state index is 12.4. The van der Waals surface area contributed by atoms with Crippen molar-refractivity contribution in [2.24, 2.45) is 0 Å².